The first kappa shape index (κ1) is 26.1. The highest BCUT2D eigenvalue weighted by Crippen LogP contribution is 2.31. The molecular weight excluding hydrogens is 490 g/mol. The number of hydrazone groups is 1. The van der Waals surface area contributed by atoms with Crippen molar-refractivity contribution in [1.82, 2.24) is 5.43 Å². The molecule has 3 aromatic carbocycles. The number of sulfonamides is 1. The Labute approximate surface area is 210 Å². The topological polar surface area (TPSA) is 97.3 Å². The lowest BCUT2D eigenvalue weighted by atomic mass is 10.2. The molecule has 10 heteroatoms. The van der Waals surface area contributed by atoms with Gasteiger partial charge in [0.15, 0.2) is 0 Å². The Hall–Kier alpha value is -3.56. The summed E-state index contributed by atoms with van der Waals surface area (Å²) in [5, 5.41) is 4.36. The monoisotopic (exact) mass is 515 g/mol. The van der Waals surface area contributed by atoms with Crippen molar-refractivity contribution in [3.05, 3.63) is 82.4 Å². The SMILES string of the molecule is COc1ccc(OC)c(/C=N\NC(=O)CN(c2cccc(Cl)c2C)S(=O)(=O)c2ccc(C)cc2)c1. The standard InChI is InChI=1S/C25H26ClN3O5S/c1-17-8-11-21(12-9-17)35(31,32)29(23-7-5-6-22(26)18(23)2)16-25(30)28-27-15-19-14-20(33-3)10-13-24(19)34-4/h5-15H,16H2,1-4H3,(H,28,30)/b27-15-. The van der Waals surface area contributed by atoms with Gasteiger partial charge < -0.3 is 9.47 Å². The summed E-state index contributed by atoms with van der Waals surface area (Å²) in [5.74, 6) is 0.477. The molecule has 1 amide bonds. The average molecular weight is 516 g/mol. The second kappa shape index (κ2) is 11.2. The number of rotatable bonds is 9. The molecule has 0 saturated carbocycles. The summed E-state index contributed by atoms with van der Waals surface area (Å²) < 4.78 is 38.6. The summed E-state index contributed by atoms with van der Waals surface area (Å²) >= 11 is 6.25. The first-order valence-corrected chi connectivity index (χ1v) is 12.4. The molecule has 0 aliphatic carbocycles. The van der Waals surface area contributed by atoms with E-state index in [4.69, 9.17) is 21.1 Å². The minimum atomic E-state index is -4.08. The van der Waals surface area contributed by atoms with E-state index in [9.17, 15) is 13.2 Å². The van der Waals surface area contributed by atoms with Gasteiger partial charge in [-0.2, -0.15) is 5.10 Å². The lowest BCUT2D eigenvalue weighted by Crippen LogP contribution is -2.40. The second-order valence-electron chi connectivity index (χ2n) is 7.61. The van der Waals surface area contributed by atoms with E-state index in [1.165, 1.54) is 32.6 Å². The highest BCUT2D eigenvalue weighted by molar-refractivity contribution is 7.92. The molecule has 3 aromatic rings. The lowest BCUT2D eigenvalue weighted by molar-refractivity contribution is -0.119. The summed E-state index contributed by atoms with van der Waals surface area (Å²) in [7, 11) is -1.03. The third-order valence-corrected chi connectivity index (χ3v) is 7.42. The maximum absolute atomic E-state index is 13.5. The van der Waals surface area contributed by atoms with Gasteiger partial charge in [-0.15, -0.1) is 0 Å². The highest BCUT2D eigenvalue weighted by atomic mass is 35.5. The molecule has 8 nitrogen and oxygen atoms in total. The number of hydrogen-bond donors (Lipinski definition) is 1. The molecule has 0 aliphatic rings. The Morgan fingerprint density at radius 1 is 1.06 bits per heavy atom. The van der Waals surface area contributed by atoms with Crippen molar-refractivity contribution in [2.45, 2.75) is 18.7 Å². The van der Waals surface area contributed by atoms with Crippen LogP contribution in [0.1, 0.15) is 16.7 Å². The molecule has 1 N–H and O–H groups in total. The number of ether oxygens (including phenoxy) is 2. The van der Waals surface area contributed by atoms with Crippen LogP contribution in [-0.2, 0) is 14.8 Å². The normalized spacial score (nSPS) is 11.3. The van der Waals surface area contributed by atoms with Gasteiger partial charge in [0.25, 0.3) is 15.9 Å². The Morgan fingerprint density at radius 3 is 2.43 bits per heavy atom. The Kier molecular flexibility index (Phi) is 8.37. The minimum absolute atomic E-state index is 0.0555. The first-order chi connectivity index (χ1) is 16.7. The van der Waals surface area contributed by atoms with Crippen molar-refractivity contribution < 1.29 is 22.7 Å². The van der Waals surface area contributed by atoms with Crippen LogP contribution >= 0.6 is 11.6 Å². The first-order valence-electron chi connectivity index (χ1n) is 10.6. The fourth-order valence-electron chi connectivity index (χ4n) is 3.28. The van der Waals surface area contributed by atoms with Crippen molar-refractivity contribution in [1.29, 1.82) is 0 Å². The minimum Gasteiger partial charge on any atom is -0.497 e. The summed E-state index contributed by atoms with van der Waals surface area (Å²) in [4.78, 5) is 12.9. The van der Waals surface area contributed by atoms with Crippen molar-refractivity contribution in [2.24, 2.45) is 5.10 Å². The summed E-state index contributed by atoms with van der Waals surface area (Å²) in [6, 6.07) is 16.4. The van der Waals surface area contributed by atoms with Crippen LogP contribution in [0, 0.1) is 13.8 Å². The number of benzene rings is 3. The summed E-state index contributed by atoms with van der Waals surface area (Å²) in [6.07, 6.45) is 1.39. The molecule has 0 heterocycles. The van der Waals surface area contributed by atoms with Crippen LogP contribution < -0.4 is 19.2 Å². The molecule has 0 aliphatic heterocycles. The largest absolute Gasteiger partial charge is 0.497 e. The lowest BCUT2D eigenvalue weighted by Gasteiger charge is -2.25. The van der Waals surface area contributed by atoms with Crippen molar-refractivity contribution in [2.75, 3.05) is 25.1 Å². The second-order valence-corrected chi connectivity index (χ2v) is 9.88. The van der Waals surface area contributed by atoms with Crippen molar-refractivity contribution >= 4 is 39.4 Å². The van der Waals surface area contributed by atoms with Gasteiger partial charge in [-0.1, -0.05) is 35.4 Å². The van der Waals surface area contributed by atoms with E-state index < -0.39 is 22.5 Å². The van der Waals surface area contributed by atoms with Gasteiger partial charge in [-0.25, -0.2) is 13.8 Å². The quantitative estimate of drug-likeness (QED) is 0.338. The Morgan fingerprint density at radius 2 is 1.77 bits per heavy atom. The van der Waals surface area contributed by atoms with Crippen LogP contribution in [0.15, 0.2) is 70.7 Å². The van der Waals surface area contributed by atoms with E-state index in [0.717, 1.165) is 9.87 Å². The van der Waals surface area contributed by atoms with E-state index in [2.05, 4.69) is 10.5 Å². The molecule has 0 fully saturated rings. The third kappa shape index (κ3) is 6.12. The predicted molar refractivity (Wildman–Crippen MR) is 137 cm³/mol. The number of carbonyl (C=O) groups excluding carboxylic acids is 1. The number of hydrogen-bond acceptors (Lipinski definition) is 6. The van der Waals surface area contributed by atoms with Gasteiger partial charge in [0.2, 0.25) is 0 Å². The average Bonchev–Trinajstić information content (AvgIpc) is 2.84. The van der Waals surface area contributed by atoms with Gasteiger partial charge in [0, 0.05) is 10.6 Å². The van der Waals surface area contributed by atoms with E-state index in [0.29, 0.717) is 33.3 Å². The van der Waals surface area contributed by atoms with E-state index in [1.54, 1.807) is 55.5 Å². The molecule has 0 aromatic heterocycles. The molecule has 0 radical (unpaired) electrons. The Balaban J connectivity index is 1.90. The molecule has 35 heavy (non-hydrogen) atoms. The van der Waals surface area contributed by atoms with Crippen molar-refractivity contribution in [3.63, 3.8) is 0 Å². The number of methoxy groups -OCH3 is 2. The van der Waals surface area contributed by atoms with Gasteiger partial charge in [0.05, 0.1) is 31.0 Å². The smallest absolute Gasteiger partial charge is 0.264 e. The molecule has 0 atom stereocenters. The van der Waals surface area contributed by atoms with Crippen LogP contribution in [0.3, 0.4) is 0 Å². The molecule has 0 spiro atoms. The van der Waals surface area contributed by atoms with E-state index in [1.807, 2.05) is 6.92 Å². The zero-order valence-corrected chi connectivity index (χ0v) is 21.4. The fourth-order valence-corrected chi connectivity index (χ4v) is 4.93. The molecular formula is C25H26ClN3O5S. The number of amides is 1. The summed E-state index contributed by atoms with van der Waals surface area (Å²) in [5.41, 5.74) is 4.69. The van der Waals surface area contributed by atoms with Crippen molar-refractivity contribution in [3.8, 4) is 11.5 Å². The number of halogens is 1. The molecule has 184 valence electrons. The van der Waals surface area contributed by atoms with Crippen LogP contribution in [0.2, 0.25) is 5.02 Å². The van der Waals surface area contributed by atoms with Gasteiger partial charge >= 0.3 is 0 Å². The van der Waals surface area contributed by atoms with Gasteiger partial charge in [-0.05, 0) is 61.9 Å². The molecule has 0 unspecified atom stereocenters. The highest BCUT2D eigenvalue weighted by Gasteiger charge is 2.28. The number of anilines is 1. The molecule has 0 saturated heterocycles. The maximum atomic E-state index is 13.5. The number of nitrogens with one attached hydrogen (secondary N) is 1. The third-order valence-electron chi connectivity index (χ3n) is 5.23. The van der Waals surface area contributed by atoms with E-state index in [-0.39, 0.29) is 4.90 Å². The van der Waals surface area contributed by atoms with Crippen LogP contribution in [0.25, 0.3) is 0 Å². The van der Waals surface area contributed by atoms with Crippen LogP contribution in [0.5, 0.6) is 11.5 Å². The number of nitrogens with zero attached hydrogens (tertiary/aromatic N) is 2. The maximum Gasteiger partial charge on any atom is 0.264 e. The zero-order chi connectivity index (χ0) is 25.6. The van der Waals surface area contributed by atoms with Gasteiger partial charge in [-0.3, -0.25) is 9.10 Å². The van der Waals surface area contributed by atoms with Crippen LogP contribution in [-0.4, -0.2) is 41.3 Å². The number of aryl methyl sites for hydroxylation is 1. The predicted octanol–water partition coefficient (Wildman–Crippen LogP) is 4.32. The molecule has 3 rings (SSSR count). The zero-order valence-electron chi connectivity index (χ0n) is 19.8. The Bertz CT molecular complexity index is 1340. The van der Waals surface area contributed by atoms with Gasteiger partial charge in [0.1, 0.15) is 18.0 Å². The van der Waals surface area contributed by atoms with Crippen LogP contribution in [0.4, 0.5) is 5.69 Å². The fraction of sp³-hybridized carbons (Fsp3) is 0.200. The number of carbonyl (C=O) groups is 1. The molecule has 0 bridgehead atoms. The van der Waals surface area contributed by atoms with E-state index >= 15 is 0 Å². The summed E-state index contributed by atoms with van der Waals surface area (Å²) in [6.45, 7) is 3.04.